The first kappa shape index (κ1) is 9.27. The maximum Gasteiger partial charge on any atom is 0.188 e. The lowest BCUT2D eigenvalue weighted by atomic mass is 10.2. The second-order valence-electron chi connectivity index (χ2n) is 2.43. The Bertz CT molecular complexity index is 111. The van der Waals surface area contributed by atoms with Crippen LogP contribution in [0.5, 0.6) is 0 Å². The van der Waals surface area contributed by atoms with E-state index in [1.807, 2.05) is 11.8 Å². The smallest absolute Gasteiger partial charge is 0.188 e. The van der Waals surface area contributed by atoms with Crippen molar-refractivity contribution in [2.45, 2.75) is 33.2 Å². The lowest BCUT2D eigenvalue weighted by molar-refractivity contribution is 0.331. The molecule has 0 saturated heterocycles. The highest BCUT2D eigenvalue weighted by Gasteiger charge is 2.09. The Morgan fingerprint density at radius 3 is 2.20 bits per heavy atom. The highest BCUT2D eigenvalue weighted by atomic mass is 15.2. The topological polar surface area (TPSA) is 53.1 Å². The maximum absolute atomic E-state index is 7.19. The first-order valence-electron chi connectivity index (χ1n) is 3.74. The minimum Gasteiger partial charge on any atom is -0.370 e. The quantitative estimate of drug-likeness (QED) is 0.457. The normalized spacial score (nSPS) is 12.7. The molecule has 0 heterocycles. The Kier molecular flexibility index (Phi) is 3.84. The fraction of sp³-hybridized carbons (Fsp3) is 0.857. The Morgan fingerprint density at radius 1 is 1.60 bits per heavy atom. The molecule has 0 bridgehead atoms. The molecule has 0 spiro atoms. The van der Waals surface area contributed by atoms with Crippen molar-refractivity contribution < 1.29 is 0 Å². The van der Waals surface area contributed by atoms with Gasteiger partial charge in [0.2, 0.25) is 0 Å². The molecule has 0 aliphatic heterocycles. The van der Waals surface area contributed by atoms with E-state index in [0.717, 1.165) is 13.0 Å². The lowest BCUT2D eigenvalue weighted by Gasteiger charge is -2.26. The highest BCUT2D eigenvalue weighted by molar-refractivity contribution is 5.74. The van der Waals surface area contributed by atoms with Crippen molar-refractivity contribution in [3.8, 4) is 0 Å². The zero-order chi connectivity index (χ0) is 8.15. The molecule has 0 amide bonds. The molecular weight excluding hydrogens is 126 g/mol. The monoisotopic (exact) mass is 143 g/mol. The minimum atomic E-state index is 0.178. The van der Waals surface area contributed by atoms with Crippen LogP contribution < -0.4 is 5.73 Å². The van der Waals surface area contributed by atoms with E-state index in [-0.39, 0.29) is 5.96 Å². The molecule has 0 aromatic heterocycles. The van der Waals surface area contributed by atoms with Crippen LogP contribution in [-0.2, 0) is 0 Å². The van der Waals surface area contributed by atoms with Crippen LogP contribution in [0.2, 0.25) is 0 Å². The summed E-state index contributed by atoms with van der Waals surface area (Å²) in [5, 5.41) is 7.19. The Morgan fingerprint density at radius 2 is 2.10 bits per heavy atom. The second kappa shape index (κ2) is 4.14. The number of nitrogens with zero attached hydrogens (tertiary/aromatic N) is 1. The summed E-state index contributed by atoms with van der Waals surface area (Å²) in [7, 11) is 0. The van der Waals surface area contributed by atoms with Crippen LogP contribution in [0.25, 0.3) is 0 Å². The molecule has 1 atom stereocenters. The van der Waals surface area contributed by atoms with Gasteiger partial charge in [-0.25, -0.2) is 0 Å². The Balaban J connectivity index is 3.92. The predicted octanol–water partition coefficient (Wildman–Crippen LogP) is 1.00. The molecule has 10 heavy (non-hydrogen) atoms. The minimum absolute atomic E-state index is 0.178. The van der Waals surface area contributed by atoms with Crippen molar-refractivity contribution in [1.82, 2.24) is 4.90 Å². The molecule has 0 aromatic carbocycles. The fourth-order valence-electron chi connectivity index (χ4n) is 0.940. The first-order chi connectivity index (χ1) is 4.63. The summed E-state index contributed by atoms with van der Waals surface area (Å²) in [6.07, 6.45) is 1.04. The first-order valence-corrected chi connectivity index (χ1v) is 3.74. The molecule has 0 aliphatic rings. The van der Waals surface area contributed by atoms with E-state index in [1.165, 1.54) is 0 Å². The van der Waals surface area contributed by atoms with E-state index in [2.05, 4.69) is 13.8 Å². The summed E-state index contributed by atoms with van der Waals surface area (Å²) in [5.74, 6) is 0.178. The van der Waals surface area contributed by atoms with Gasteiger partial charge in [-0.05, 0) is 20.3 Å². The van der Waals surface area contributed by atoms with E-state index in [1.54, 1.807) is 0 Å². The van der Waals surface area contributed by atoms with Gasteiger partial charge in [-0.2, -0.15) is 0 Å². The molecular formula is C7H17N3. The van der Waals surface area contributed by atoms with Crippen LogP contribution in [0.4, 0.5) is 0 Å². The van der Waals surface area contributed by atoms with E-state index in [4.69, 9.17) is 11.1 Å². The number of hydrogen-bond acceptors (Lipinski definition) is 1. The van der Waals surface area contributed by atoms with Crippen LogP contribution in [0, 0.1) is 5.41 Å². The summed E-state index contributed by atoms with van der Waals surface area (Å²) in [4.78, 5) is 1.88. The van der Waals surface area contributed by atoms with Gasteiger partial charge in [-0.3, -0.25) is 5.41 Å². The van der Waals surface area contributed by atoms with Gasteiger partial charge in [0.25, 0.3) is 0 Å². The molecule has 0 radical (unpaired) electrons. The number of nitrogens with one attached hydrogen (secondary N) is 1. The van der Waals surface area contributed by atoms with Gasteiger partial charge in [-0.15, -0.1) is 0 Å². The molecule has 3 nitrogen and oxygen atoms in total. The molecule has 1 unspecified atom stereocenters. The van der Waals surface area contributed by atoms with Crippen LogP contribution in [0.15, 0.2) is 0 Å². The number of nitrogens with two attached hydrogens (primary N) is 1. The van der Waals surface area contributed by atoms with Crippen molar-refractivity contribution in [3.05, 3.63) is 0 Å². The summed E-state index contributed by atoms with van der Waals surface area (Å²) in [6.45, 7) is 7.00. The van der Waals surface area contributed by atoms with Gasteiger partial charge in [0, 0.05) is 12.6 Å². The maximum atomic E-state index is 7.19. The van der Waals surface area contributed by atoms with Gasteiger partial charge in [0.1, 0.15) is 0 Å². The van der Waals surface area contributed by atoms with Crippen molar-refractivity contribution >= 4 is 5.96 Å². The van der Waals surface area contributed by atoms with Gasteiger partial charge in [0.15, 0.2) is 5.96 Å². The fourth-order valence-corrected chi connectivity index (χ4v) is 0.940. The van der Waals surface area contributed by atoms with Crippen LogP contribution >= 0.6 is 0 Å². The van der Waals surface area contributed by atoms with E-state index in [9.17, 15) is 0 Å². The summed E-state index contributed by atoms with van der Waals surface area (Å²) < 4.78 is 0. The van der Waals surface area contributed by atoms with E-state index < -0.39 is 0 Å². The van der Waals surface area contributed by atoms with Gasteiger partial charge in [-0.1, -0.05) is 6.92 Å². The third-order valence-electron chi connectivity index (χ3n) is 1.77. The third-order valence-corrected chi connectivity index (χ3v) is 1.77. The summed E-state index contributed by atoms with van der Waals surface area (Å²) in [5.41, 5.74) is 5.33. The van der Waals surface area contributed by atoms with Crippen LogP contribution in [0.3, 0.4) is 0 Å². The zero-order valence-electron chi connectivity index (χ0n) is 7.02. The highest BCUT2D eigenvalue weighted by Crippen LogP contribution is 2.00. The molecule has 0 fully saturated rings. The average molecular weight is 143 g/mol. The van der Waals surface area contributed by atoms with E-state index in [0.29, 0.717) is 6.04 Å². The lowest BCUT2D eigenvalue weighted by Crippen LogP contribution is -2.42. The zero-order valence-corrected chi connectivity index (χ0v) is 7.02. The number of hydrogen-bond donors (Lipinski definition) is 2. The van der Waals surface area contributed by atoms with Gasteiger partial charge >= 0.3 is 0 Å². The largest absolute Gasteiger partial charge is 0.370 e. The second-order valence-corrected chi connectivity index (χ2v) is 2.43. The van der Waals surface area contributed by atoms with Gasteiger partial charge < -0.3 is 10.6 Å². The van der Waals surface area contributed by atoms with E-state index >= 15 is 0 Å². The third kappa shape index (κ3) is 2.25. The summed E-state index contributed by atoms with van der Waals surface area (Å²) in [6, 6.07) is 0.391. The summed E-state index contributed by atoms with van der Waals surface area (Å²) >= 11 is 0. The number of guanidine groups is 1. The van der Waals surface area contributed by atoms with Crippen molar-refractivity contribution in [2.24, 2.45) is 5.73 Å². The molecule has 0 rings (SSSR count). The number of rotatable bonds is 3. The standard InChI is InChI=1S/C7H17N3/c1-4-6(3)10(5-2)7(8)9/h6H,4-5H2,1-3H3,(H3,8,9). The van der Waals surface area contributed by atoms with Crippen molar-refractivity contribution in [1.29, 1.82) is 5.41 Å². The van der Waals surface area contributed by atoms with Crippen LogP contribution in [-0.4, -0.2) is 23.4 Å². The van der Waals surface area contributed by atoms with Gasteiger partial charge in [0.05, 0.1) is 0 Å². The average Bonchev–Trinajstić information content (AvgIpc) is 1.88. The molecule has 0 saturated carbocycles. The molecule has 3 heteroatoms. The SMILES string of the molecule is CCC(C)N(CC)C(=N)N. The molecule has 0 aliphatic carbocycles. The Hall–Kier alpha value is -0.730. The Labute approximate surface area is 62.7 Å². The van der Waals surface area contributed by atoms with Crippen molar-refractivity contribution in [3.63, 3.8) is 0 Å². The van der Waals surface area contributed by atoms with Crippen molar-refractivity contribution in [2.75, 3.05) is 6.54 Å². The molecule has 3 N–H and O–H groups in total. The predicted molar refractivity (Wildman–Crippen MR) is 44.0 cm³/mol. The molecule has 60 valence electrons. The van der Waals surface area contributed by atoms with Crippen LogP contribution in [0.1, 0.15) is 27.2 Å². The molecule has 0 aromatic rings.